The first-order valence-corrected chi connectivity index (χ1v) is 6.77. The predicted octanol–water partition coefficient (Wildman–Crippen LogP) is 2.37. The van der Waals surface area contributed by atoms with Crippen molar-refractivity contribution in [1.82, 2.24) is 4.98 Å². The van der Waals surface area contributed by atoms with Crippen molar-refractivity contribution >= 4 is 12.2 Å². The number of hydrogen-bond acceptors (Lipinski definition) is 6. The average molecular weight is 320 g/mol. The van der Waals surface area contributed by atoms with Crippen LogP contribution in [0.4, 0.5) is 0 Å². The second-order valence-corrected chi connectivity index (χ2v) is 4.37. The molecular formula is C16H20N2O5. The van der Waals surface area contributed by atoms with Crippen LogP contribution in [0.15, 0.2) is 47.4 Å². The Hall–Kier alpha value is -2.51. The Morgan fingerprint density at radius 2 is 2.17 bits per heavy atom. The van der Waals surface area contributed by atoms with Crippen molar-refractivity contribution in [3.63, 3.8) is 0 Å². The van der Waals surface area contributed by atoms with E-state index >= 15 is 0 Å². The van der Waals surface area contributed by atoms with E-state index < -0.39 is 12.3 Å². The number of pyridine rings is 1. The van der Waals surface area contributed by atoms with E-state index in [0.29, 0.717) is 17.0 Å². The summed E-state index contributed by atoms with van der Waals surface area (Å²) in [6, 6.07) is 1.73. The number of aliphatic carboxylic acids is 1. The fourth-order valence-corrected chi connectivity index (χ4v) is 1.62. The lowest BCUT2D eigenvalue weighted by molar-refractivity contribution is -0.131. The number of rotatable bonds is 9. The Morgan fingerprint density at radius 3 is 2.74 bits per heavy atom. The summed E-state index contributed by atoms with van der Waals surface area (Å²) in [7, 11) is 3.05. The van der Waals surface area contributed by atoms with E-state index in [1.165, 1.54) is 20.4 Å². The van der Waals surface area contributed by atoms with Gasteiger partial charge in [-0.1, -0.05) is 12.7 Å². The predicted molar refractivity (Wildman–Crippen MR) is 85.5 cm³/mol. The fourth-order valence-electron chi connectivity index (χ4n) is 1.62. The summed E-state index contributed by atoms with van der Waals surface area (Å²) in [5, 5.41) is 8.75. The molecule has 0 radical (unpaired) electrons. The summed E-state index contributed by atoms with van der Waals surface area (Å²) >= 11 is 0. The molecule has 1 aromatic heterocycles. The van der Waals surface area contributed by atoms with E-state index in [0.717, 1.165) is 0 Å². The normalized spacial score (nSPS) is 11.9. The van der Waals surface area contributed by atoms with Crippen LogP contribution in [0, 0.1) is 0 Å². The maximum Gasteiger partial charge on any atom is 0.336 e. The fraction of sp³-hybridized carbons (Fsp3) is 0.312. The van der Waals surface area contributed by atoms with Gasteiger partial charge in [0, 0.05) is 26.6 Å². The van der Waals surface area contributed by atoms with Crippen LogP contribution < -0.4 is 4.74 Å². The highest BCUT2D eigenvalue weighted by Crippen LogP contribution is 2.27. The largest absolute Gasteiger partial charge is 0.485 e. The first kappa shape index (κ1) is 18.5. The van der Waals surface area contributed by atoms with Gasteiger partial charge in [-0.15, -0.1) is 0 Å². The standard InChI is InChI=1S/C16H20N2O5/c1-5-12(18-8-11(2)15(19)20)10-23-14-9-17-7-6-13(14)16(21-3)22-4/h5-9,16H,2,10H2,1,3-4H3,(H,19,20)/b12-5-,18-8-. The quantitative estimate of drug-likeness (QED) is 0.427. The van der Waals surface area contributed by atoms with Crippen molar-refractivity contribution in [2.24, 2.45) is 4.99 Å². The molecule has 1 aromatic rings. The molecule has 0 saturated carbocycles. The number of carboxylic acid groups (broad SMARTS) is 1. The molecule has 1 heterocycles. The Balaban J connectivity index is 2.81. The molecule has 124 valence electrons. The molecule has 0 aliphatic heterocycles. The number of methoxy groups -OCH3 is 2. The Kier molecular flexibility index (Phi) is 7.65. The molecule has 23 heavy (non-hydrogen) atoms. The topological polar surface area (TPSA) is 90.2 Å². The highest BCUT2D eigenvalue weighted by Gasteiger charge is 2.15. The number of allylic oxidation sites excluding steroid dienone is 1. The molecular weight excluding hydrogens is 300 g/mol. The minimum Gasteiger partial charge on any atom is -0.485 e. The smallest absolute Gasteiger partial charge is 0.336 e. The summed E-state index contributed by atoms with van der Waals surface area (Å²) in [6.07, 6.45) is 5.48. The van der Waals surface area contributed by atoms with E-state index in [2.05, 4.69) is 16.6 Å². The zero-order chi connectivity index (χ0) is 17.2. The molecule has 0 atom stereocenters. The monoisotopic (exact) mass is 320 g/mol. The highest BCUT2D eigenvalue weighted by molar-refractivity contribution is 6.07. The van der Waals surface area contributed by atoms with Gasteiger partial charge in [-0.25, -0.2) is 4.79 Å². The maximum atomic E-state index is 10.7. The number of aromatic nitrogens is 1. The molecule has 0 aromatic carbocycles. The lowest BCUT2D eigenvalue weighted by Crippen LogP contribution is -2.09. The van der Waals surface area contributed by atoms with Crippen LogP contribution in [0.3, 0.4) is 0 Å². The van der Waals surface area contributed by atoms with Crippen LogP contribution in [0.1, 0.15) is 18.8 Å². The number of carboxylic acids is 1. The lowest BCUT2D eigenvalue weighted by Gasteiger charge is -2.17. The minimum absolute atomic E-state index is 0.106. The third-order valence-corrected chi connectivity index (χ3v) is 2.87. The molecule has 1 N–H and O–H groups in total. The van der Waals surface area contributed by atoms with Crippen molar-refractivity contribution in [3.8, 4) is 5.75 Å². The zero-order valence-electron chi connectivity index (χ0n) is 13.4. The SMILES string of the molecule is C=C(/C=N\C(=C/C)COc1cnccc1C(OC)OC)C(=O)O. The third kappa shape index (κ3) is 5.65. The van der Waals surface area contributed by atoms with Gasteiger partial charge in [0.15, 0.2) is 6.29 Å². The average Bonchev–Trinajstić information content (AvgIpc) is 2.56. The van der Waals surface area contributed by atoms with Gasteiger partial charge in [0.1, 0.15) is 12.4 Å². The molecule has 7 heteroatoms. The van der Waals surface area contributed by atoms with Gasteiger partial charge in [-0.05, 0) is 13.0 Å². The highest BCUT2D eigenvalue weighted by atomic mass is 16.7. The van der Waals surface area contributed by atoms with Gasteiger partial charge in [0.05, 0.1) is 23.0 Å². The molecule has 0 bridgehead atoms. The first-order chi connectivity index (χ1) is 11.0. The van der Waals surface area contributed by atoms with E-state index in [9.17, 15) is 4.79 Å². The van der Waals surface area contributed by atoms with Gasteiger partial charge in [0.2, 0.25) is 0 Å². The Morgan fingerprint density at radius 1 is 1.48 bits per heavy atom. The minimum atomic E-state index is -1.12. The zero-order valence-corrected chi connectivity index (χ0v) is 13.4. The molecule has 0 unspecified atom stereocenters. The molecule has 0 amide bonds. The summed E-state index contributed by atoms with van der Waals surface area (Å²) in [6.45, 7) is 5.29. The summed E-state index contributed by atoms with van der Waals surface area (Å²) in [5.41, 5.74) is 1.14. The first-order valence-electron chi connectivity index (χ1n) is 6.77. The molecule has 0 aliphatic rings. The molecule has 0 aliphatic carbocycles. The van der Waals surface area contributed by atoms with Crippen LogP contribution in [0.25, 0.3) is 0 Å². The molecule has 0 saturated heterocycles. The van der Waals surface area contributed by atoms with E-state index in [4.69, 9.17) is 19.3 Å². The van der Waals surface area contributed by atoms with E-state index in [-0.39, 0.29) is 12.2 Å². The van der Waals surface area contributed by atoms with Gasteiger partial charge >= 0.3 is 5.97 Å². The molecule has 1 rings (SSSR count). The summed E-state index contributed by atoms with van der Waals surface area (Å²) in [4.78, 5) is 18.7. The van der Waals surface area contributed by atoms with Crippen molar-refractivity contribution in [2.45, 2.75) is 13.2 Å². The van der Waals surface area contributed by atoms with E-state index in [1.54, 1.807) is 31.5 Å². The van der Waals surface area contributed by atoms with Crippen molar-refractivity contribution < 1.29 is 24.1 Å². The number of ether oxygens (including phenoxy) is 3. The van der Waals surface area contributed by atoms with Crippen LogP contribution in [0.2, 0.25) is 0 Å². The van der Waals surface area contributed by atoms with Gasteiger partial charge in [0.25, 0.3) is 0 Å². The maximum absolute atomic E-state index is 10.7. The number of nitrogens with zero attached hydrogens (tertiary/aromatic N) is 2. The number of carbonyl (C=O) groups is 1. The molecule has 0 spiro atoms. The van der Waals surface area contributed by atoms with Crippen LogP contribution in [-0.2, 0) is 14.3 Å². The lowest BCUT2D eigenvalue weighted by atomic mass is 10.2. The summed E-state index contributed by atoms with van der Waals surface area (Å²) in [5.74, 6) is -0.629. The number of hydrogen-bond donors (Lipinski definition) is 1. The van der Waals surface area contributed by atoms with Crippen LogP contribution in [-0.4, -0.2) is 43.1 Å². The van der Waals surface area contributed by atoms with Crippen molar-refractivity contribution in [1.29, 1.82) is 0 Å². The van der Waals surface area contributed by atoms with Crippen LogP contribution >= 0.6 is 0 Å². The van der Waals surface area contributed by atoms with Gasteiger partial charge in [-0.2, -0.15) is 0 Å². The summed E-state index contributed by atoms with van der Waals surface area (Å²) < 4.78 is 16.1. The molecule has 0 fully saturated rings. The van der Waals surface area contributed by atoms with Gasteiger partial charge in [-0.3, -0.25) is 9.98 Å². The molecule has 7 nitrogen and oxygen atoms in total. The van der Waals surface area contributed by atoms with E-state index in [1.807, 2.05) is 0 Å². The van der Waals surface area contributed by atoms with Gasteiger partial charge < -0.3 is 19.3 Å². The Bertz CT molecular complexity index is 606. The van der Waals surface area contributed by atoms with Crippen molar-refractivity contribution in [2.75, 3.05) is 20.8 Å². The Labute approximate surface area is 134 Å². The van der Waals surface area contributed by atoms with Crippen LogP contribution in [0.5, 0.6) is 5.75 Å². The number of aliphatic imine (C=N–C) groups is 1. The third-order valence-electron chi connectivity index (χ3n) is 2.87. The second-order valence-electron chi connectivity index (χ2n) is 4.37. The van der Waals surface area contributed by atoms with Crippen molar-refractivity contribution in [3.05, 3.63) is 47.9 Å². The second kappa shape index (κ2) is 9.50.